The zero-order valence-corrected chi connectivity index (χ0v) is 13.3. The van der Waals surface area contributed by atoms with Crippen LogP contribution in [0.4, 0.5) is 0 Å². The fourth-order valence-corrected chi connectivity index (χ4v) is 3.29. The number of aryl methyl sites for hydroxylation is 1. The van der Waals surface area contributed by atoms with Crippen LogP contribution in [-0.2, 0) is 16.1 Å². The second-order valence-electron chi connectivity index (χ2n) is 6.21. The smallest absolute Gasteiger partial charge is 0.249 e. The summed E-state index contributed by atoms with van der Waals surface area (Å²) in [5.41, 5.74) is 2.70. The molecule has 0 bridgehead atoms. The number of carbonyl (C=O) groups excluding carboxylic acids is 1. The Balaban J connectivity index is 1.71. The number of aromatic nitrogens is 1. The van der Waals surface area contributed by atoms with Crippen molar-refractivity contribution in [3.05, 3.63) is 41.7 Å². The zero-order valence-electron chi connectivity index (χ0n) is 13.3. The summed E-state index contributed by atoms with van der Waals surface area (Å²) in [4.78, 5) is 21.0. The van der Waals surface area contributed by atoms with Crippen LogP contribution in [0.25, 0.3) is 0 Å². The van der Waals surface area contributed by atoms with E-state index in [0.29, 0.717) is 25.3 Å². The van der Waals surface area contributed by atoms with Gasteiger partial charge in [0.25, 0.3) is 0 Å². The summed E-state index contributed by atoms with van der Waals surface area (Å²) in [6, 6.07) is 6.36. The predicted octanol–water partition coefficient (Wildman–Crippen LogP) is 1.38. The number of rotatable bonds is 3. The Morgan fingerprint density at radius 1 is 1.45 bits per heavy atom. The van der Waals surface area contributed by atoms with E-state index in [2.05, 4.69) is 22.5 Å². The first-order chi connectivity index (χ1) is 10.5. The molecule has 0 spiro atoms. The van der Waals surface area contributed by atoms with Gasteiger partial charge in [0.1, 0.15) is 0 Å². The van der Waals surface area contributed by atoms with Crippen LogP contribution in [0.1, 0.15) is 18.3 Å². The highest BCUT2D eigenvalue weighted by Gasteiger charge is 2.41. The maximum absolute atomic E-state index is 12.1. The van der Waals surface area contributed by atoms with Gasteiger partial charge >= 0.3 is 0 Å². The van der Waals surface area contributed by atoms with Crippen molar-refractivity contribution < 1.29 is 9.53 Å². The average molecular weight is 301 g/mol. The molecule has 1 aromatic heterocycles. The predicted molar refractivity (Wildman–Crippen MR) is 84.3 cm³/mol. The highest BCUT2D eigenvalue weighted by Crippen LogP contribution is 2.25. The van der Waals surface area contributed by atoms with Crippen LogP contribution in [0.15, 0.2) is 30.4 Å². The van der Waals surface area contributed by atoms with Gasteiger partial charge in [0.2, 0.25) is 5.91 Å². The van der Waals surface area contributed by atoms with Crippen molar-refractivity contribution in [1.29, 1.82) is 0 Å². The third-order valence-electron chi connectivity index (χ3n) is 4.38. The van der Waals surface area contributed by atoms with Crippen molar-refractivity contribution in [3.63, 3.8) is 0 Å². The number of ether oxygens (including phenoxy) is 1. The molecule has 3 heterocycles. The Bertz CT molecular complexity index is 587. The molecule has 2 atom stereocenters. The number of nitrogens with zero attached hydrogens (tertiary/aromatic N) is 3. The van der Waals surface area contributed by atoms with E-state index in [0.717, 1.165) is 24.5 Å². The summed E-state index contributed by atoms with van der Waals surface area (Å²) in [6.07, 6.45) is 0.0989. The second-order valence-corrected chi connectivity index (χ2v) is 6.21. The summed E-state index contributed by atoms with van der Waals surface area (Å²) in [5, 5.41) is 0. The van der Waals surface area contributed by atoms with E-state index in [4.69, 9.17) is 4.74 Å². The van der Waals surface area contributed by atoms with Gasteiger partial charge in [0.15, 0.2) is 0 Å². The van der Waals surface area contributed by atoms with Gasteiger partial charge in [-0.15, -0.1) is 0 Å². The number of pyridine rings is 1. The largest absolute Gasteiger partial charge is 0.373 e. The van der Waals surface area contributed by atoms with E-state index < -0.39 is 0 Å². The molecule has 0 N–H and O–H groups in total. The molecule has 0 aliphatic carbocycles. The van der Waals surface area contributed by atoms with E-state index in [-0.39, 0.29) is 18.1 Å². The average Bonchev–Trinajstić information content (AvgIpc) is 2.91. The minimum Gasteiger partial charge on any atom is -0.373 e. The van der Waals surface area contributed by atoms with Gasteiger partial charge in [-0.2, -0.15) is 0 Å². The molecule has 5 nitrogen and oxygen atoms in total. The molecule has 0 saturated carbocycles. The summed E-state index contributed by atoms with van der Waals surface area (Å²) >= 11 is 0. The van der Waals surface area contributed by atoms with Crippen molar-refractivity contribution in [2.45, 2.75) is 32.5 Å². The molecule has 2 fully saturated rings. The van der Waals surface area contributed by atoms with Crippen molar-refractivity contribution in [1.82, 2.24) is 14.8 Å². The number of carbonyl (C=O) groups is 1. The topological polar surface area (TPSA) is 45.7 Å². The van der Waals surface area contributed by atoms with Gasteiger partial charge in [-0.1, -0.05) is 12.6 Å². The van der Waals surface area contributed by atoms with Crippen molar-refractivity contribution in [3.8, 4) is 0 Å². The Labute approximate surface area is 131 Å². The molecule has 0 unspecified atom stereocenters. The molecular formula is C17H23N3O2. The van der Waals surface area contributed by atoms with Gasteiger partial charge in [-0.05, 0) is 26.0 Å². The molecule has 1 amide bonds. The van der Waals surface area contributed by atoms with E-state index in [1.807, 2.05) is 24.0 Å². The monoisotopic (exact) mass is 301 g/mol. The molecule has 2 saturated heterocycles. The fourth-order valence-electron chi connectivity index (χ4n) is 3.29. The lowest BCUT2D eigenvalue weighted by Crippen LogP contribution is -2.50. The lowest BCUT2D eigenvalue weighted by atomic mass is 10.1. The van der Waals surface area contributed by atoms with E-state index in [9.17, 15) is 4.79 Å². The summed E-state index contributed by atoms with van der Waals surface area (Å²) in [6.45, 7) is 11.3. The fraction of sp³-hybridized carbons (Fsp3) is 0.529. The lowest BCUT2D eigenvalue weighted by molar-refractivity contribution is -0.126. The van der Waals surface area contributed by atoms with Crippen LogP contribution in [-0.4, -0.2) is 59.1 Å². The number of amides is 1. The lowest BCUT2D eigenvalue weighted by Gasteiger charge is -2.36. The van der Waals surface area contributed by atoms with Crippen LogP contribution in [0.5, 0.6) is 0 Å². The molecule has 5 heteroatoms. The number of hydrogen-bond acceptors (Lipinski definition) is 4. The minimum atomic E-state index is 0.0339. The van der Waals surface area contributed by atoms with Crippen LogP contribution in [0.2, 0.25) is 0 Å². The molecule has 2 aliphatic heterocycles. The zero-order chi connectivity index (χ0) is 15.7. The molecule has 2 aliphatic rings. The standard InChI is InChI=1S/C17H23N3O2/c1-12(2)17(21)20-10-15-16(11-20)22-8-7-19(15)9-14-6-4-5-13(3)18-14/h4-6,15-16H,1,7-11H2,2-3H3/t15-,16-/m0/s1. The normalized spacial score (nSPS) is 25.1. The summed E-state index contributed by atoms with van der Waals surface area (Å²) < 4.78 is 5.87. The first kappa shape index (κ1) is 15.2. The van der Waals surface area contributed by atoms with Crippen LogP contribution in [0, 0.1) is 6.92 Å². The van der Waals surface area contributed by atoms with Gasteiger partial charge in [-0.3, -0.25) is 14.7 Å². The molecular weight excluding hydrogens is 278 g/mol. The Morgan fingerprint density at radius 3 is 3.00 bits per heavy atom. The third kappa shape index (κ3) is 3.05. The van der Waals surface area contributed by atoms with E-state index >= 15 is 0 Å². The van der Waals surface area contributed by atoms with Gasteiger partial charge in [-0.25, -0.2) is 0 Å². The highest BCUT2D eigenvalue weighted by molar-refractivity contribution is 5.92. The molecule has 0 aromatic carbocycles. The molecule has 3 rings (SSSR count). The first-order valence-electron chi connectivity index (χ1n) is 7.77. The summed E-state index contributed by atoms with van der Waals surface area (Å²) in [5.74, 6) is 0.0339. The minimum absolute atomic E-state index is 0.0339. The Kier molecular flexibility index (Phi) is 4.27. The van der Waals surface area contributed by atoms with Gasteiger partial charge < -0.3 is 9.64 Å². The number of hydrogen-bond donors (Lipinski definition) is 0. The Hall–Kier alpha value is -1.72. The maximum atomic E-state index is 12.1. The van der Waals surface area contributed by atoms with Crippen LogP contribution < -0.4 is 0 Å². The molecule has 0 radical (unpaired) electrons. The van der Waals surface area contributed by atoms with Gasteiger partial charge in [0.05, 0.1) is 24.4 Å². The van der Waals surface area contributed by atoms with Crippen molar-refractivity contribution >= 4 is 5.91 Å². The molecule has 118 valence electrons. The number of fused-ring (bicyclic) bond motifs is 1. The first-order valence-corrected chi connectivity index (χ1v) is 7.77. The summed E-state index contributed by atoms with van der Waals surface area (Å²) in [7, 11) is 0. The quantitative estimate of drug-likeness (QED) is 0.791. The van der Waals surface area contributed by atoms with Gasteiger partial charge in [0, 0.05) is 37.4 Å². The van der Waals surface area contributed by atoms with Crippen molar-refractivity contribution in [2.24, 2.45) is 0 Å². The van der Waals surface area contributed by atoms with Crippen LogP contribution >= 0.6 is 0 Å². The van der Waals surface area contributed by atoms with E-state index in [1.54, 1.807) is 6.92 Å². The van der Waals surface area contributed by atoms with E-state index in [1.165, 1.54) is 0 Å². The molecule has 22 heavy (non-hydrogen) atoms. The van der Waals surface area contributed by atoms with Crippen LogP contribution in [0.3, 0.4) is 0 Å². The third-order valence-corrected chi connectivity index (χ3v) is 4.38. The Morgan fingerprint density at radius 2 is 2.27 bits per heavy atom. The number of likely N-dealkylation sites (tertiary alicyclic amines) is 1. The SMILES string of the molecule is C=C(C)C(=O)N1C[C@@H]2OCCN(Cc3cccc(C)n3)[C@H]2C1. The highest BCUT2D eigenvalue weighted by atomic mass is 16.5. The maximum Gasteiger partial charge on any atom is 0.249 e. The second kappa shape index (κ2) is 6.18. The number of morpholine rings is 1. The van der Waals surface area contributed by atoms with Crippen molar-refractivity contribution in [2.75, 3.05) is 26.2 Å². The molecule has 1 aromatic rings.